The topological polar surface area (TPSA) is 82.9 Å². The van der Waals surface area contributed by atoms with Gasteiger partial charge in [0.2, 0.25) is 0 Å². The highest BCUT2D eigenvalue weighted by Gasteiger charge is 2.41. The van der Waals surface area contributed by atoms with Gasteiger partial charge in [0.25, 0.3) is 6.02 Å². The average molecular weight is 143 g/mol. The molecule has 0 bridgehead atoms. The van der Waals surface area contributed by atoms with Crippen LogP contribution in [0.2, 0.25) is 0 Å². The quantitative estimate of drug-likeness (QED) is 0.427. The van der Waals surface area contributed by atoms with E-state index < -0.39 is 0 Å². The lowest BCUT2D eigenvalue weighted by atomic mass is 10.2. The van der Waals surface area contributed by atoms with E-state index in [1.165, 1.54) is 0 Å². The van der Waals surface area contributed by atoms with Gasteiger partial charge in [-0.15, -0.1) is 0 Å². The fourth-order valence-electron chi connectivity index (χ4n) is 1.16. The number of amidine groups is 1. The molecule has 0 spiro atoms. The third-order valence-corrected chi connectivity index (χ3v) is 1.67. The summed E-state index contributed by atoms with van der Waals surface area (Å²) in [6, 6.07) is 0.0972. The lowest BCUT2D eigenvalue weighted by Gasteiger charge is -2.09. The van der Waals surface area contributed by atoms with Gasteiger partial charge in [0.05, 0.1) is 12.6 Å². The summed E-state index contributed by atoms with van der Waals surface area (Å²) in [4.78, 5) is 3.87. The van der Waals surface area contributed by atoms with E-state index in [1.54, 1.807) is 0 Å². The maximum atomic E-state index is 5.60. The molecule has 0 amide bonds. The van der Waals surface area contributed by atoms with E-state index in [0.717, 1.165) is 0 Å². The van der Waals surface area contributed by atoms with Crippen LogP contribution in [0.25, 0.3) is 0 Å². The fourth-order valence-corrected chi connectivity index (χ4v) is 1.16. The number of rotatable bonds is 0. The van der Waals surface area contributed by atoms with Crippen LogP contribution < -0.4 is 11.5 Å². The molecule has 0 unspecified atom stereocenters. The second kappa shape index (κ2) is 1.83. The second-order valence-electron chi connectivity index (χ2n) is 2.44. The summed E-state index contributed by atoms with van der Waals surface area (Å²) in [6.45, 7) is 0.506. The van der Waals surface area contributed by atoms with E-state index in [-0.39, 0.29) is 24.4 Å². The largest absolute Gasteiger partial charge is 0.455 e. The Kier molecular flexibility index (Phi) is 1.09. The molecule has 0 aliphatic carbocycles. The van der Waals surface area contributed by atoms with E-state index in [0.29, 0.717) is 6.61 Å². The molecule has 0 aromatic heterocycles. The molecule has 4 N–H and O–H groups in total. The first-order chi connectivity index (χ1) is 4.77. The van der Waals surface area contributed by atoms with Gasteiger partial charge < -0.3 is 20.9 Å². The number of nitrogens with two attached hydrogens (primary N) is 2. The Labute approximate surface area is 58.0 Å². The number of hydrogen-bond acceptors (Lipinski definition) is 5. The van der Waals surface area contributed by atoms with Crippen LogP contribution in [-0.2, 0) is 9.47 Å². The smallest absolute Gasteiger partial charge is 0.285 e. The highest BCUT2D eigenvalue weighted by atomic mass is 16.6. The molecule has 56 valence electrons. The highest BCUT2D eigenvalue weighted by molar-refractivity contribution is 5.73. The Hall–Kier alpha value is -0.810. The lowest BCUT2D eigenvalue weighted by molar-refractivity contribution is 0.0797. The standard InChI is InChI=1S/C5H9N3O2/c6-2-1-9-4-3(2)10-5(7)8-4/h2-4H,1,6H2,(H2,7,8)/t2-,3+,4-/m0/s1. The van der Waals surface area contributed by atoms with Gasteiger partial charge in [0, 0.05) is 0 Å². The van der Waals surface area contributed by atoms with Crippen molar-refractivity contribution in [3.8, 4) is 0 Å². The molecule has 2 rings (SSSR count). The minimum atomic E-state index is -0.255. The second-order valence-corrected chi connectivity index (χ2v) is 2.44. The molecule has 0 radical (unpaired) electrons. The van der Waals surface area contributed by atoms with Crippen molar-refractivity contribution < 1.29 is 9.47 Å². The van der Waals surface area contributed by atoms with Crippen molar-refractivity contribution >= 4 is 6.02 Å². The summed E-state index contributed by atoms with van der Waals surface area (Å²) < 4.78 is 10.2. The lowest BCUT2D eigenvalue weighted by Crippen LogP contribution is -2.37. The predicted molar refractivity (Wildman–Crippen MR) is 34.2 cm³/mol. The SMILES string of the molecule is NC1=N[C@H]2OC[C@H](N)[C@H]2O1. The summed E-state index contributed by atoms with van der Waals surface area (Å²) in [7, 11) is 0. The van der Waals surface area contributed by atoms with Crippen LogP contribution in [0.3, 0.4) is 0 Å². The third-order valence-electron chi connectivity index (χ3n) is 1.67. The van der Waals surface area contributed by atoms with Gasteiger partial charge in [0.15, 0.2) is 12.3 Å². The first kappa shape index (κ1) is 5.94. The van der Waals surface area contributed by atoms with Gasteiger partial charge in [-0.05, 0) is 0 Å². The Morgan fingerprint density at radius 3 is 3.10 bits per heavy atom. The van der Waals surface area contributed by atoms with E-state index in [4.69, 9.17) is 20.9 Å². The molecule has 5 heteroatoms. The Morgan fingerprint density at radius 1 is 1.60 bits per heavy atom. The van der Waals surface area contributed by atoms with Crippen molar-refractivity contribution in [2.24, 2.45) is 16.5 Å². The molecule has 1 fully saturated rings. The van der Waals surface area contributed by atoms with Crippen molar-refractivity contribution in [3.63, 3.8) is 0 Å². The summed E-state index contributed by atoms with van der Waals surface area (Å²) in [6.07, 6.45) is -0.407. The summed E-state index contributed by atoms with van der Waals surface area (Å²) in [5.41, 5.74) is 10.9. The van der Waals surface area contributed by atoms with E-state index in [9.17, 15) is 0 Å². The maximum absolute atomic E-state index is 5.60. The van der Waals surface area contributed by atoms with Crippen LogP contribution in [-0.4, -0.2) is 31.0 Å². The van der Waals surface area contributed by atoms with Crippen LogP contribution in [0, 0.1) is 0 Å². The molecule has 2 aliphatic heterocycles. The summed E-state index contributed by atoms with van der Waals surface area (Å²) in [5.74, 6) is 0. The number of nitrogens with zero attached hydrogens (tertiary/aromatic N) is 1. The zero-order valence-electron chi connectivity index (χ0n) is 5.36. The molecule has 0 saturated carbocycles. The monoisotopic (exact) mass is 143 g/mol. The molecule has 0 aromatic carbocycles. The molecule has 1 saturated heterocycles. The molecule has 2 aliphatic rings. The number of aliphatic imine (C=N–C) groups is 1. The van der Waals surface area contributed by atoms with Crippen LogP contribution >= 0.6 is 0 Å². The van der Waals surface area contributed by atoms with Crippen LogP contribution in [0.15, 0.2) is 4.99 Å². The average Bonchev–Trinajstić information content (AvgIpc) is 2.35. The molecule has 5 nitrogen and oxygen atoms in total. The zero-order valence-corrected chi connectivity index (χ0v) is 5.36. The minimum absolute atomic E-state index is 0.0881. The van der Waals surface area contributed by atoms with E-state index in [1.807, 2.05) is 0 Å². The van der Waals surface area contributed by atoms with Gasteiger partial charge in [-0.2, -0.15) is 4.99 Å². The Bertz CT molecular complexity index is 182. The molecular weight excluding hydrogens is 134 g/mol. The zero-order chi connectivity index (χ0) is 7.14. The minimum Gasteiger partial charge on any atom is -0.455 e. The van der Waals surface area contributed by atoms with Gasteiger partial charge in [0.1, 0.15) is 0 Å². The van der Waals surface area contributed by atoms with Gasteiger partial charge in [-0.25, -0.2) is 0 Å². The number of fused-ring (bicyclic) bond motifs is 1. The third kappa shape index (κ3) is 0.676. The van der Waals surface area contributed by atoms with E-state index >= 15 is 0 Å². The normalized spacial score (nSPS) is 44.5. The van der Waals surface area contributed by atoms with Gasteiger partial charge in [-0.3, -0.25) is 0 Å². The van der Waals surface area contributed by atoms with E-state index in [2.05, 4.69) is 4.99 Å². The first-order valence-corrected chi connectivity index (χ1v) is 3.14. The summed E-state index contributed by atoms with van der Waals surface area (Å²) >= 11 is 0. The van der Waals surface area contributed by atoms with Gasteiger partial charge >= 0.3 is 0 Å². The Balaban J connectivity index is 2.14. The number of ether oxygens (including phenoxy) is 2. The van der Waals surface area contributed by atoms with Crippen molar-refractivity contribution in [1.82, 2.24) is 0 Å². The molecular formula is C5H9N3O2. The van der Waals surface area contributed by atoms with Gasteiger partial charge in [-0.1, -0.05) is 0 Å². The van der Waals surface area contributed by atoms with Crippen LogP contribution in [0.4, 0.5) is 0 Å². The highest BCUT2D eigenvalue weighted by Crippen LogP contribution is 2.21. The molecule has 0 aromatic rings. The fraction of sp³-hybridized carbons (Fsp3) is 0.800. The van der Waals surface area contributed by atoms with Crippen LogP contribution in [0.5, 0.6) is 0 Å². The molecule has 10 heavy (non-hydrogen) atoms. The first-order valence-electron chi connectivity index (χ1n) is 3.14. The van der Waals surface area contributed by atoms with Crippen molar-refractivity contribution in [3.05, 3.63) is 0 Å². The van der Waals surface area contributed by atoms with Crippen molar-refractivity contribution in [2.75, 3.05) is 6.61 Å². The molecule has 2 heterocycles. The van der Waals surface area contributed by atoms with Crippen molar-refractivity contribution in [1.29, 1.82) is 0 Å². The number of hydrogen-bond donors (Lipinski definition) is 2. The summed E-state index contributed by atoms with van der Waals surface area (Å²) in [5, 5.41) is 0. The maximum Gasteiger partial charge on any atom is 0.285 e. The molecule has 3 atom stereocenters. The van der Waals surface area contributed by atoms with Crippen LogP contribution in [0.1, 0.15) is 0 Å². The van der Waals surface area contributed by atoms with Crippen molar-refractivity contribution in [2.45, 2.75) is 18.4 Å². The Morgan fingerprint density at radius 2 is 2.40 bits per heavy atom. The predicted octanol–water partition coefficient (Wildman–Crippen LogP) is -1.62.